The number of hydrogen-bond acceptors (Lipinski definition) is 3. The summed E-state index contributed by atoms with van der Waals surface area (Å²) in [5.41, 5.74) is 1.10. The molecule has 2 rings (SSSR count). The van der Waals surface area contributed by atoms with Crippen molar-refractivity contribution in [3.05, 3.63) is 56.2 Å². The number of benzene rings is 1. The molecule has 0 radical (unpaired) electrons. The molecule has 1 aromatic heterocycles. The smallest absolute Gasteiger partial charge is 0.332 e. The molecule has 0 saturated heterocycles. The third-order valence-corrected chi connectivity index (χ3v) is 2.66. The van der Waals surface area contributed by atoms with Crippen LogP contribution >= 0.6 is 0 Å². The van der Waals surface area contributed by atoms with Gasteiger partial charge in [-0.15, -0.1) is 0 Å². The first-order valence-electron chi connectivity index (χ1n) is 5.10. The lowest BCUT2D eigenvalue weighted by Crippen LogP contribution is -2.30. The maximum absolute atomic E-state index is 11.6. The average Bonchev–Trinajstić information content (AvgIpc) is 2.21. The molecule has 88 valence electrons. The Morgan fingerprint density at radius 2 is 1.82 bits per heavy atom. The molecule has 5 nitrogen and oxygen atoms in total. The Morgan fingerprint density at radius 1 is 1.12 bits per heavy atom. The van der Waals surface area contributed by atoms with Crippen LogP contribution in [0.2, 0.25) is 0 Å². The molecule has 2 aromatic rings. The van der Waals surface area contributed by atoms with Crippen molar-refractivity contribution < 1.29 is 5.11 Å². The fourth-order valence-corrected chi connectivity index (χ4v) is 1.58. The second kappa shape index (κ2) is 3.93. The van der Waals surface area contributed by atoms with Crippen molar-refractivity contribution in [3.8, 4) is 11.6 Å². The van der Waals surface area contributed by atoms with E-state index in [0.717, 1.165) is 21.8 Å². The standard InChI is InChI=1S/C12H12N2O3/c1-7-3-4-9(5-8(7)2)14-11(16)6-10(15)13-12(14)17/h3-6,16H,1-2H3,(H,13,15,17)/p-1. The lowest BCUT2D eigenvalue weighted by Gasteiger charge is -2.15. The monoisotopic (exact) mass is 231 g/mol. The minimum Gasteiger partial charge on any atom is -0.859 e. The van der Waals surface area contributed by atoms with Crippen LogP contribution in [-0.4, -0.2) is 9.55 Å². The molecular formula is C12H11N2O3-. The van der Waals surface area contributed by atoms with E-state index in [0.29, 0.717) is 5.69 Å². The lowest BCUT2D eigenvalue weighted by molar-refractivity contribution is -0.278. The minimum absolute atomic E-state index is 0.458. The van der Waals surface area contributed by atoms with Crippen LogP contribution in [0.1, 0.15) is 11.1 Å². The van der Waals surface area contributed by atoms with Crippen molar-refractivity contribution >= 4 is 0 Å². The van der Waals surface area contributed by atoms with Crippen molar-refractivity contribution in [1.29, 1.82) is 0 Å². The molecular weight excluding hydrogens is 220 g/mol. The quantitative estimate of drug-likeness (QED) is 0.762. The van der Waals surface area contributed by atoms with E-state index in [4.69, 9.17) is 0 Å². The van der Waals surface area contributed by atoms with E-state index in [9.17, 15) is 14.7 Å². The van der Waals surface area contributed by atoms with Crippen LogP contribution in [-0.2, 0) is 0 Å². The summed E-state index contributed by atoms with van der Waals surface area (Å²) in [5.74, 6) is -0.623. The molecule has 0 amide bonds. The summed E-state index contributed by atoms with van der Waals surface area (Å²) >= 11 is 0. The molecule has 0 saturated carbocycles. The summed E-state index contributed by atoms with van der Waals surface area (Å²) in [6, 6.07) is 6.08. The molecule has 0 bridgehead atoms. The summed E-state index contributed by atoms with van der Waals surface area (Å²) in [5, 5.41) is 11.6. The van der Waals surface area contributed by atoms with Crippen molar-refractivity contribution in [3.63, 3.8) is 0 Å². The van der Waals surface area contributed by atoms with Crippen molar-refractivity contribution in [2.75, 3.05) is 0 Å². The number of hydrogen-bond donors (Lipinski definition) is 1. The summed E-state index contributed by atoms with van der Waals surface area (Å²) in [6.45, 7) is 3.83. The molecule has 0 atom stereocenters. The predicted octanol–water partition coefficient (Wildman–Crippen LogP) is 0.216. The Balaban J connectivity index is 2.73. The number of aryl methyl sites for hydroxylation is 2. The molecule has 1 heterocycles. The highest BCUT2D eigenvalue weighted by molar-refractivity contribution is 5.41. The Labute approximate surface area is 97.0 Å². The van der Waals surface area contributed by atoms with Gasteiger partial charge >= 0.3 is 5.69 Å². The van der Waals surface area contributed by atoms with Crippen LogP contribution in [0.3, 0.4) is 0 Å². The van der Waals surface area contributed by atoms with Gasteiger partial charge < -0.3 is 5.11 Å². The van der Waals surface area contributed by atoms with E-state index in [1.807, 2.05) is 19.9 Å². The highest BCUT2D eigenvalue weighted by Crippen LogP contribution is 2.14. The van der Waals surface area contributed by atoms with Crippen LogP contribution in [0.4, 0.5) is 0 Å². The molecule has 0 fully saturated rings. The Hall–Kier alpha value is -2.30. The number of nitrogens with one attached hydrogen (secondary N) is 1. The average molecular weight is 231 g/mol. The van der Waals surface area contributed by atoms with Crippen molar-refractivity contribution in [2.24, 2.45) is 0 Å². The zero-order valence-electron chi connectivity index (χ0n) is 9.48. The van der Waals surface area contributed by atoms with Crippen LogP contribution in [0.15, 0.2) is 33.9 Å². The number of nitrogens with zero attached hydrogens (tertiary/aromatic N) is 1. The van der Waals surface area contributed by atoms with Gasteiger partial charge in [-0.25, -0.2) is 4.79 Å². The second-order valence-corrected chi connectivity index (χ2v) is 3.88. The third kappa shape index (κ3) is 1.99. The van der Waals surface area contributed by atoms with E-state index < -0.39 is 17.1 Å². The van der Waals surface area contributed by atoms with E-state index in [1.165, 1.54) is 0 Å². The largest absolute Gasteiger partial charge is 0.859 e. The van der Waals surface area contributed by atoms with Gasteiger partial charge in [-0.05, 0) is 43.0 Å². The highest BCUT2D eigenvalue weighted by atomic mass is 16.3. The number of aromatic amines is 1. The summed E-state index contributed by atoms with van der Waals surface area (Å²) in [6.07, 6.45) is 0. The Morgan fingerprint density at radius 3 is 2.41 bits per heavy atom. The minimum atomic E-state index is -0.717. The van der Waals surface area contributed by atoms with Crippen LogP contribution in [0, 0.1) is 13.8 Å². The fourth-order valence-electron chi connectivity index (χ4n) is 1.58. The first-order chi connectivity index (χ1) is 7.99. The SMILES string of the molecule is Cc1ccc(-n2c([O-])cc(=O)[nH]c2=O)cc1C. The van der Waals surface area contributed by atoms with Crippen molar-refractivity contribution in [1.82, 2.24) is 9.55 Å². The van der Waals surface area contributed by atoms with Crippen molar-refractivity contribution in [2.45, 2.75) is 13.8 Å². The molecule has 1 N–H and O–H groups in total. The van der Waals surface area contributed by atoms with Gasteiger partial charge in [0.05, 0.1) is 0 Å². The summed E-state index contributed by atoms with van der Waals surface area (Å²) in [4.78, 5) is 24.6. The van der Waals surface area contributed by atoms with Crippen LogP contribution < -0.4 is 16.4 Å². The topological polar surface area (TPSA) is 77.9 Å². The molecule has 0 aliphatic rings. The van der Waals surface area contributed by atoms with Gasteiger partial charge in [-0.3, -0.25) is 14.3 Å². The highest BCUT2D eigenvalue weighted by Gasteiger charge is 2.03. The lowest BCUT2D eigenvalue weighted by atomic mass is 10.1. The zero-order chi connectivity index (χ0) is 12.6. The Kier molecular flexibility index (Phi) is 2.59. The van der Waals surface area contributed by atoms with E-state index in [2.05, 4.69) is 4.98 Å². The summed E-state index contributed by atoms with van der Waals surface area (Å²) < 4.78 is 0.938. The molecule has 0 unspecified atom stereocenters. The second-order valence-electron chi connectivity index (χ2n) is 3.88. The van der Waals surface area contributed by atoms with E-state index in [1.54, 1.807) is 12.1 Å². The Bertz CT molecular complexity index is 683. The molecule has 0 aliphatic carbocycles. The summed E-state index contributed by atoms with van der Waals surface area (Å²) in [7, 11) is 0. The normalized spacial score (nSPS) is 10.5. The van der Waals surface area contributed by atoms with Gasteiger partial charge in [0.2, 0.25) is 0 Å². The molecule has 17 heavy (non-hydrogen) atoms. The molecule has 0 spiro atoms. The van der Waals surface area contributed by atoms with Crippen LogP contribution in [0.5, 0.6) is 5.88 Å². The zero-order valence-corrected chi connectivity index (χ0v) is 9.48. The number of rotatable bonds is 1. The van der Waals surface area contributed by atoms with E-state index >= 15 is 0 Å². The van der Waals surface area contributed by atoms with E-state index in [-0.39, 0.29) is 0 Å². The predicted molar refractivity (Wildman–Crippen MR) is 61.6 cm³/mol. The van der Waals surface area contributed by atoms with Gasteiger partial charge in [-0.1, -0.05) is 6.07 Å². The maximum Gasteiger partial charge on any atom is 0.332 e. The van der Waals surface area contributed by atoms with Gasteiger partial charge in [-0.2, -0.15) is 0 Å². The van der Waals surface area contributed by atoms with Gasteiger partial charge in [0.25, 0.3) is 5.56 Å². The number of H-pyrrole nitrogens is 1. The number of aromatic nitrogens is 2. The first-order valence-corrected chi connectivity index (χ1v) is 5.10. The molecule has 0 aliphatic heterocycles. The van der Waals surface area contributed by atoms with Gasteiger partial charge in [0.1, 0.15) is 0 Å². The fraction of sp³-hybridized carbons (Fsp3) is 0.167. The maximum atomic E-state index is 11.6. The molecule has 1 aromatic carbocycles. The first kappa shape index (κ1) is 11.2. The van der Waals surface area contributed by atoms with Crippen LogP contribution in [0.25, 0.3) is 5.69 Å². The third-order valence-electron chi connectivity index (χ3n) is 2.66. The van der Waals surface area contributed by atoms with Gasteiger partial charge in [0.15, 0.2) is 0 Å². The molecule has 5 heteroatoms. The van der Waals surface area contributed by atoms with Gasteiger partial charge in [0, 0.05) is 11.8 Å².